The van der Waals surface area contributed by atoms with E-state index in [1.54, 1.807) is 0 Å². The van der Waals surface area contributed by atoms with Gasteiger partial charge >= 0.3 is 0 Å². The Balaban J connectivity index is 2.59. The van der Waals surface area contributed by atoms with Crippen molar-refractivity contribution < 1.29 is 0 Å². The topological polar surface area (TPSA) is 30.2 Å². The van der Waals surface area contributed by atoms with Gasteiger partial charge in [0.25, 0.3) is 0 Å². The van der Waals surface area contributed by atoms with E-state index in [1.165, 1.54) is 0 Å². The molecule has 0 aromatic carbocycles. The molecule has 1 aliphatic heterocycles. The predicted molar refractivity (Wildman–Crippen MR) is 61.7 cm³/mol. The molecule has 0 aliphatic carbocycles. The van der Waals surface area contributed by atoms with E-state index in [9.17, 15) is 0 Å². The van der Waals surface area contributed by atoms with Gasteiger partial charge in [-0.2, -0.15) is 0 Å². The van der Waals surface area contributed by atoms with E-state index in [0.717, 1.165) is 22.8 Å². The lowest BCUT2D eigenvalue weighted by Crippen LogP contribution is -2.21. The van der Waals surface area contributed by atoms with Crippen molar-refractivity contribution in [3.05, 3.63) is 12.0 Å². The minimum atomic E-state index is 0.00484. The number of aromatic nitrogens is 2. The molecule has 3 nitrogen and oxygen atoms in total. The summed E-state index contributed by atoms with van der Waals surface area (Å²) < 4.78 is 2.06. The molecule has 0 radical (unpaired) electrons. The molecule has 0 fully saturated rings. The third-order valence-corrected chi connectivity index (χ3v) is 2.58. The van der Waals surface area contributed by atoms with E-state index in [4.69, 9.17) is 12.2 Å². The van der Waals surface area contributed by atoms with E-state index in [0.29, 0.717) is 0 Å². The molecule has 0 saturated carbocycles. The lowest BCUT2D eigenvalue weighted by Gasteiger charge is -2.22. The van der Waals surface area contributed by atoms with Gasteiger partial charge in [0.05, 0.1) is 11.2 Å². The van der Waals surface area contributed by atoms with Crippen LogP contribution in [0.2, 0.25) is 0 Å². The number of fused-ring (bicyclic) bond motifs is 1. The first-order valence-electron chi connectivity index (χ1n) is 4.63. The number of thiocarbonyl (C=S) groups is 1. The molecule has 0 spiro atoms. The van der Waals surface area contributed by atoms with Gasteiger partial charge < -0.3 is 4.57 Å². The van der Waals surface area contributed by atoms with Crippen molar-refractivity contribution in [2.24, 2.45) is 4.99 Å². The molecular weight excluding hydrogens is 194 g/mol. The van der Waals surface area contributed by atoms with Crippen LogP contribution in [0, 0.1) is 0 Å². The SMILES string of the molecule is CC(C)(C)n1cnc2c1N=CCC2=S. The second-order valence-electron chi connectivity index (χ2n) is 4.40. The van der Waals surface area contributed by atoms with Crippen LogP contribution >= 0.6 is 12.2 Å². The van der Waals surface area contributed by atoms with Crippen LogP contribution in [0.1, 0.15) is 32.9 Å². The summed E-state index contributed by atoms with van der Waals surface area (Å²) in [5, 5.41) is 0. The molecule has 14 heavy (non-hydrogen) atoms. The third kappa shape index (κ3) is 1.39. The Bertz CT molecular complexity index is 409. The summed E-state index contributed by atoms with van der Waals surface area (Å²) in [7, 11) is 0. The molecule has 1 aromatic heterocycles. The molecule has 0 unspecified atom stereocenters. The fourth-order valence-corrected chi connectivity index (χ4v) is 1.68. The first-order chi connectivity index (χ1) is 6.50. The maximum Gasteiger partial charge on any atom is 0.161 e. The van der Waals surface area contributed by atoms with E-state index >= 15 is 0 Å². The molecule has 0 saturated heterocycles. The van der Waals surface area contributed by atoms with Crippen molar-refractivity contribution in [2.45, 2.75) is 32.7 Å². The Hall–Kier alpha value is -1.03. The van der Waals surface area contributed by atoms with Gasteiger partial charge in [0.15, 0.2) is 5.82 Å². The number of rotatable bonds is 0. The number of hydrogen-bond acceptors (Lipinski definition) is 3. The summed E-state index contributed by atoms with van der Waals surface area (Å²) in [6.07, 6.45) is 4.41. The normalized spacial score (nSPS) is 15.8. The molecule has 1 aliphatic rings. The fraction of sp³-hybridized carbons (Fsp3) is 0.500. The molecule has 4 heteroatoms. The van der Waals surface area contributed by atoms with Crippen LogP contribution in [0.5, 0.6) is 0 Å². The van der Waals surface area contributed by atoms with Crippen molar-refractivity contribution >= 4 is 29.1 Å². The minimum absolute atomic E-state index is 0.00484. The van der Waals surface area contributed by atoms with E-state index in [2.05, 4.69) is 35.3 Å². The zero-order chi connectivity index (χ0) is 10.3. The molecule has 2 rings (SSSR count). The van der Waals surface area contributed by atoms with Gasteiger partial charge in [-0.05, 0) is 20.8 Å². The monoisotopic (exact) mass is 207 g/mol. The predicted octanol–water partition coefficient (Wildman–Crippen LogP) is 2.46. The van der Waals surface area contributed by atoms with Crippen molar-refractivity contribution in [1.82, 2.24) is 9.55 Å². The van der Waals surface area contributed by atoms with E-state index < -0.39 is 0 Å². The fourth-order valence-electron chi connectivity index (χ4n) is 1.46. The summed E-state index contributed by atoms with van der Waals surface area (Å²) in [5.41, 5.74) is 0.877. The molecule has 2 heterocycles. The highest BCUT2D eigenvalue weighted by Crippen LogP contribution is 2.29. The third-order valence-electron chi connectivity index (χ3n) is 2.22. The Morgan fingerprint density at radius 1 is 1.43 bits per heavy atom. The lowest BCUT2D eigenvalue weighted by molar-refractivity contribution is 0.400. The average Bonchev–Trinajstić information content (AvgIpc) is 2.47. The number of aliphatic imine (C=N–C) groups is 1. The summed E-state index contributed by atoms with van der Waals surface area (Å²) in [4.78, 5) is 9.56. The molecule has 1 aromatic rings. The van der Waals surface area contributed by atoms with Gasteiger partial charge in [0.1, 0.15) is 5.69 Å². The molecular formula is C10H13N3S. The maximum atomic E-state index is 5.23. The molecule has 74 valence electrons. The van der Waals surface area contributed by atoms with Crippen molar-refractivity contribution in [3.8, 4) is 0 Å². The standard InChI is InChI=1S/C10H13N3S/c1-10(2,3)13-6-12-8-7(14)4-5-11-9(8)13/h5-6H,4H2,1-3H3. The number of imidazole rings is 1. The van der Waals surface area contributed by atoms with Crippen molar-refractivity contribution in [2.75, 3.05) is 0 Å². The van der Waals surface area contributed by atoms with Gasteiger partial charge in [-0.1, -0.05) is 12.2 Å². The zero-order valence-electron chi connectivity index (χ0n) is 8.61. The van der Waals surface area contributed by atoms with E-state index in [-0.39, 0.29) is 5.54 Å². The lowest BCUT2D eigenvalue weighted by atomic mass is 10.1. The van der Waals surface area contributed by atoms with Gasteiger partial charge in [0.2, 0.25) is 0 Å². The molecule has 0 N–H and O–H groups in total. The van der Waals surface area contributed by atoms with Crippen LogP contribution < -0.4 is 0 Å². The number of nitrogens with zero attached hydrogens (tertiary/aromatic N) is 3. The maximum absolute atomic E-state index is 5.23. The van der Waals surface area contributed by atoms with E-state index in [1.807, 2.05) is 12.5 Å². The summed E-state index contributed by atoms with van der Waals surface area (Å²) >= 11 is 5.23. The van der Waals surface area contributed by atoms with Gasteiger partial charge in [-0.25, -0.2) is 9.98 Å². The van der Waals surface area contributed by atoms with Crippen LogP contribution in [0.3, 0.4) is 0 Å². The average molecular weight is 207 g/mol. The first-order valence-corrected chi connectivity index (χ1v) is 5.04. The number of hydrogen-bond donors (Lipinski definition) is 0. The van der Waals surface area contributed by atoms with Crippen molar-refractivity contribution in [1.29, 1.82) is 0 Å². The largest absolute Gasteiger partial charge is 0.310 e. The highest BCUT2D eigenvalue weighted by molar-refractivity contribution is 7.80. The smallest absolute Gasteiger partial charge is 0.161 e. The zero-order valence-corrected chi connectivity index (χ0v) is 9.43. The Kier molecular flexibility index (Phi) is 2.03. The van der Waals surface area contributed by atoms with Crippen LogP contribution in [0.4, 0.5) is 5.82 Å². The Labute approximate surface area is 88.9 Å². The van der Waals surface area contributed by atoms with Gasteiger partial charge in [-0.3, -0.25) is 0 Å². The van der Waals surface area contributed by atoms with Crippen LogP contribution in [-0.4, -0.2) is 20.6 Å². The Morgan fingerprint density at radius 2 is 2.14 bits per heavy atom. The summed E-state index contributed by atoms with van der Waals surface area (Å²) in [5.74, 6) is 0.897. The van der Waals surface area contributed by atoms with Crippen LogP contribution in [0.25, 0.3) is 0 Å². The highest BCUT2D eigenvalue weighted by atomic mass is 32.1. The van der Waals surface area contributed by atoms with Crippen LogP contribution in [0.15, 0.2) is 11.3 Å². The van der Waals surface area contributed by atoms with Gasteiger partial charge in [0, 0.05) is 18.2 Å². The molecule has 0 amide bonds. The van der Waals surface area contributed by atoms with Crippen LogP contribution in [-0.2, 0) is 5.54 Å². The summed E-state index contributed by atoms with van der Waals surface area (Å²) in [6.45, 7) is 6.38. The summed E-state index contributed by atoms with van der Waals surface area (Å²) in [6, 6.07) is 0. The second kappa shape index (κ2) is 2.98. The first kappa shape index (κ1) is 9.52. The minimum Gasteiger partial charge on any atom is -0.310 e. The molecule has 0 bridgehead atoms. The van der Waals surface area contributed by atoms with Crippen molar-refractivity contribution in [3.63, 3.8) is 0 Å². The molecule has 0 atom stereocenters. The Morgan fingerprint density at radius 3 is 2.79 bits per heavy atom. The second-order valence-corrected chi connectivity index (χ2v) is 4.89. The highest BCUT2D eigenvalue weighted by Gasteiger charge is 2.23. The van der Waals surface area contributed by atoms with Gasteiger partial charge in [-0.15, -0.1) is 0 Å². The quantitative estimate of drug-likeness (QED) is 0.612.